The number of halogens is 5. The second kappa shape index (κ2) is 9.22. The molecule has 8 nitrogen and oxygen atoms in total. The Morgan fingerprint density at radius 2 is 1.77 bits per heavy atom. The van der Waals surface area contributed by atoms with Gasteiger partial charge in [-0.2, -0.15) is 13.2 Å². The number of H-pyrrole nitrogens is 1. The third kappa shape index (κ3) is 5.01. The summed E-state index contributed by atoms with van der Waals surface area (Å²) in [6.45, 7) is 0. The predicted molar refractivity (Wildman–Crippen MR) is 119 cm³/mol. The van der Waals surface area contributed by atoms with Crippen molar-refractivity contribution < 1.29 is 31.9 Å². The highest BCUT2D eigenvalue weighted by atomic mass is 35.5. The number of methoxy groups -OCH3 is 1. The van der Waals surface area contributed by atoms with Crippen LogP contribution in [0.4, 0.5) is 28.9 Å². The first-order valence-corrected chi connectivity index (χ1v) is 10.1. The monoisotopic (exact) mass is 507 g/mol. The average molecular weight is 508 g/mol. The maximum absolute atomic E-state index is 14.4. The van der Waals surface area contributed by atoms with E-state index in [0.717, 1.165) is 30.3 Å². The van der Waals surface area contributed by atoms with Crippen LogP contribution in [0.5, 0.6) is 5.88 Å². The molecule has 4 aromatic rings. The fourth-order valence-electron chi connectivity index (χ4n) is 3.17. The molecule has 180 valence electrons. The highest BCUT2D eigenvalue weighted by Gasteiger charge is 2.33. The molecule has 2 amide bonds. The number of nitrogens with zero attached hydrogens (tertiary/aromatic N) is 2. The van der Waals surface area contributed by atoms with Gasteiger partial charge in [0, 0.05) is 11.3 Å². The zero-order valence-corrected chi connectivity index (χ0v) is 18.4. The van der Waals surface area contributed by atoms with Gasteiger partial charge >= 0.3 is 6.18 Å². The van der Waals surface area contributed by atoms with Crippen LogP contribution in [-0.4, -0.2) is 34.1 Å². The number of hydrogen-bond acceptors (Lipinski definition) is 5. The van der Waals surface area contributed by atoms with Crippen LogP contribution in [0, 0.1) is 5.82 Å². The van der Waals surface area contributed by atoms with Gasteiger partial charge in [0.1, 0.15) is 5.82 Å². The summed E-state index contributed by atoms with van der Waals surface area (Å²) in [5.74, 6) is -2.41. The van der Waals surface area contributed by atoms with Gasteiger partial charge in [0.25, 0.3) is 11.8 Å². The molecule has 0 aliphatic rings. The van der Waals surface area contributed by atoms with E-state index < -0.39 is 40.0 Å². The summed E-state index contributed by atoms with van der Waals surface area (Å²) in [5, 5.41) is 11.3. The zero-order chi connectivity index (χ0) is 25.3. The summed E-state index contributed by atoms with van der Waals surface area (Å²) in [5.41, 5.74) is -1.32. The summed E-state index contributed by atoms with van der Waals surface area (Å²) < 4.78 is 58.7. The summed E-state index contributed by atoms with van der Waals surface area (Å²) in [4.78, 5) is 29.2. The zero-order valence-electron chi connectivity index (χ0n) is 17.6. The SMILES string of the molecule is COc1n[nH]c2ncc(NC(=O)c3cc(NC(=O)c4ccc(Cl)c(C(F)(F)F)c4)ccc3F)cc12. The van der Waals surface area contributed by atoms with Gasteiger partial charge in [0.2, 0.25) is 5.88 Å². The largest absolute Gasteiger partial charge is 0.479 e. The topological polar surface area (TPSA) is 109 Å². The first-order chi connectivity index (χ1) is 16.6. The normalized spacial score (nSPS) is 11.4. The number of alkyl halides is 3. The summed E-state index contributed by atoms with van der Waals surface area (Å²) in [7, 11) is 1.41. The van der Waals surface area contributed by atoms with Crippen molar-refractivity contribution in [2.24, 2.45) is 0 Å². The molecular formula is C22H14ClF4N5O3. The molecule has 0 bridgehead atoms. The van der Waals surface area contributed by atoms with Gasteiger partial charge in [-0.05, 0) is 42.5 Å². The summed E-state index contributed by atoms with van der Waals surface area (Å²) >= 11 is 5.57. The fourth-order valence-corrected chi connectivity index (χ4v) is 3.39. The summed E-state index contributed by atoms with van der Waals surface area (Å²) in [6.07, 6.45) is -3.44. The van der Waals surface area contributed by atoms with Crippen LogP contribution in [0.1, 0.15) is 26.3 Å². The molecule has 0 unspecified atom stereocenters. The van der Waals surface area contributed by atoms with Crippen molar-refractivity contribution in [3.8, 4) is 5.88 Å². The third-order valence-electron chi connectivity index (χ3n) is 4.84. The van der Waals surface area contributed by atoms with Crippen LogP contribution in [0.2, 0.25) is 5.02 Å². The van der Waals surface area contributed by atoms with Crippen molar-refractivity contribution in [2.75, 3.05) is 17.7 Å². The van der Waals surface area contributed by atoms with Crippen LogP contribution in [-0.2, 0) is 6.18 Å². The Kier molecular flexibility index (Phi) is 6.31. The Morgan fingerprint density at radius 3 is 2.49 bits per heavy atom. The van der Waals surface area contributed by atoms with Crippen LogP contribution < -0.4 is 15.4 Å². The van der Waals surface area contributed by atoms with Crippen molar-refractivity contribution in [3.63, 3.8) is 0 Å². The highest BCUT2D eigenvalue weighted by Crippen LogP contribution is 2.35. The van der Waals surface area contributed by atoms with E-state index in [1.165, 1.54) is 19.4 Å². The van der Waals surface area contributed by atoms with E-state index in [1.807, 2.05) is 0 Å². The van der Waals surface area contributed by atoms with E-state index in [-0.39, 0.29) is 22.8 Å². The lowest BCUT2D eigenvalue weighted by atomic mass is 10.1. The first kappa shape index (κ1) is 24.0. The lowest BCUT2D eigenvalue weighted by Gasteiger charge is -2.12. The molecule has 0 aliphatic heterocycles. The van der Waals surface area contributed by atoms with Crippen LogP contribution in [0.15, 0.2) is 48.7 Å². The molecule has 2 aromatic carbocycles. The Bertz CT molecular complexity index is 1460. The number of hydrogen-bond donors (Lipinski definition) is 3. The number of benzene rings is 2. The molecule has 0 fully saturated rings. The Labute approximate surface area is 199 Å². The molecular weight excluding hydrogens is 494 g/mol. The molecule has 2 aromatic heterocycles. The number of carbonyl (C=O) groups excluding carboxylic acids is 2. The number of aromatic amines is 1. The lowest BCUT2D eigenvalue weighted by molar-refractivity contribution is -0.137. The molecule has 13 heteroatoms. The maximum atomic E-state index is 14.4. The van der Waals surface area contributed by atoms with Crippen molar-refractivity contribution in [1.29, 1.82) is 0 Å². The number of rotatable bonds is 5. The van der Waals surface area contributed by atoms with E-state index in [9.17, 15) is 27.2 Å². The minimum absolute atomic E-state index is 0.0184. The third-order valence-corrected chi connectivity index (χ3v) is 5.17. The van der Waals surface area contributed by atoms with Crippen LogP contribution in [0.25, 0.3) is 11.0 Å². The van der Waals surface area contributed by atoms with Crippen molar-refractivity contribution in [3.05, 3.63) is 76.2 Å². The van der Waals surface area contributed by atoms with E-state index in [4.69, 9.17) is 16.3 Å². The Morgan fingerprint density at radius 1 is 1.03 bits per heavy atom. The molecule has 2 heterocycles. The molecule has 0 aliphatic carbocycles. The second-order valence-electron chi connectivity index (χ2n) is 7.15. The number of ether oxygens (including phenoxy) is 1. The summed E-state index contributed by atoms with van der Waals surface area (Å²) in [6, 6.07) is 7.32. The number of nitrogens with one attached hydrogen (secondary N) is 3. The minimum atomic E-state index is -4.76. The highest BCUT2D eigenvalue weighted by molar-refractivity contribution is 6.31. The van der Waals surface area contributed by atoms with Gasteiger partial charge in [-0.1, -0.05) is 11.6 Å². The van der Waals surface area contributed by atoms with Crippen molar-refractivity contribution >= 4 is 45.8 Å². The van der Waals surface area contributed by atoms with Crippen LogP contribution >= 0.6 is 11.6 Å². The molecule has 0 atom stereocenters. The standard InChI is InChI=1S/C22H14ClF4N5O3/c1-35-21-14-8-12(9-28-18(14)31-32-21)30-20(34)13-7-11(3-5-17(13)24)29-19(33)10-2-4-16(23)15(6-10)22(25,26)27/h2-9H,1H3,(H,29,33)(H,30,34)(H,28,31,32). The van der Waals surface area contributed by atoms with E-state index in [0.29, 0.717) is 17.1 Å². The molecule has 0 saturated heterocycles. The lowest BCUT2D eigenvalue weighted by Crippen LogP contribution is -2.17. The Hall–Kier alpha value is -4.19. The number of amides is 2. The molecule has 3 N–H and O–H groups in total. The van der Waals surface area contributed by atoms with Gasteiger partial charge in [0.05, 0.1) is 40.5 Å². The van der Waals surface area contributed by atoms with Gasteiger partial charge in [-0.3, -0.25) is 14.7 Å². The Balaban J connectivity index is 1.55. The second-order valence-corrected chi connectivity index (χ2v) is 7.56. The van der Waals surface area contributed by atoms with Crippen LogP contribution in [0.3, 0.4) is 0 Å². The van der Waals surface area contributed by atoms with Gasteiger partial charge < -0.3 is 15.4 Å². The van der Waals surface area contributed by atoms with E-state index in [1.54, 1.807) is 0 Å². The molecule has 35 heavy (non-hydrogen) atoms. The number of aromatic nitrogens is 3. The van der Waals surface area contributed by atoms with Crippen molar-refractivity contribution in [2.45, 2.75) is 6.18 Å². The van der Waals surface area contributed by atoms with E-state index >= 15 is 0 Å². The molecule has 4 rings (SSSR count). The maximum Gasteiger partial charge on any atom is 0.417 e. The van der Waals surface area contributed by atoms with Gasteiger partial charge in [0.15, 0.2) is 5.65 Å². The van der Waals surface area contributed by atoms with E-state index in [2.05, 4.69) is 25.8 Å². The molecule has 0 saturated carbocycles. The average Bonchev–Trinajstić information content (AvgIpc) is 3.22. The number of fused-ring (bicyclic) bond motifs is 1. The van der Waals surface area contributed by atoms with Gasteiger partial charge in [-0.15, -0.1) is 5.10 Å². The fraction of sp³-hybridized carbons (Fsp3) is 0.0909. The first-order valence-electron chi connectivity index (χ1n) is 9.74. The predicted octanol–water partition coefficient (Wildman–Crippen LogP) is 5.28. The number of anilines is 2. The van der Waals surface area contributed by atoms with Crippen molar-refractivity contribution in [1.82, 2.24) is 15.2 Å². The number of pyridine rings is 1. The molecule has 0 radical (unpaired) electrons. The quantitative estimate of drug-likeness (QED) is 0.318. The number of carbonyl (C=O) groups is 2. The minimum Gasteiger partial charge on any atom is -0.479 e. The molecule has 0 spiro atoms. The van der Waals surface area contributed by atoms with Gasteiger partial charge in [-0.25, -0.2) is 9.37 Å². The smallest absolute Gasteiger partial charge is 0.417 e.